The summed E-state index contributed by atoms with van der Waals surface area (Å²) in [5.41, 5.74) is -0.720. The van der Waals surface area contributed by atoms with Gasteiger partial charge in [-0.1, -0.05) is 0 Å². The third kappa shape index (κ3) is 3.41. The molecular weight excluding hydrogens is 366 g/mol. The van der Waals surface area contributed by atoms with Gasteiger partial charge in [0.05, 0.1) is 25.3 Å². The number of thiophene rings is 1. The zero-order valence-corrected chi connectivity index (χ0v) is 12.5. The van der Waals surface area contributed by atoms with Crippen molar-refractivity contribution < 1.29 is 14.6 Å². The Hall–Kier alpha value is -2.33. The highest BCUT2D eigenvalue weighted by Gasteiger charge is 2.21. The van der Waals surface area contributed by atoms with E-state index in [-0.39, 0.29) is 5.69 Å². The molecule has 0 unspecified atom stereocenters. The van der Waals surface area contributed by atoms with Gasteiger partial charge in [0.25, 0.3) is 17.3 Å². The Bertz CT molecular complexity index is 745. The molecule has 108 valence electrons. The van der Waals surface area contributed by atoms with Crippen LogP contribution in [0.4, 0.5) is 17.1 Å². The van der Waals surface area contributed by atoms with E-state index in [0.717, 1.165) is 22.0 Å². The first-order chi connectivity index (χ1) is 9.88. The average molecular weight is 372 g/mol. The smallest absolute Gasteiger partial charge is 0.299 e. The fourth-order valence-corrected chi connectivity index (χ4v) is 2.65. The number of hydrogen-bond donors (Lipinski definition) is 1. The molecule has 0 fully saturated rings. The summed E-state index contributed by atoms with van der Waals surface area (Å²) in [4.78, 5) is 32.0. The molecule has 1 heterocycles. The number of non-ortho nitro benzene ring substituents is 1. The van der Waals surface area contributed by atoms with Crippen LogP contribution in [0.5, 0.6) is 0 Å². The number of nitrogens with zero attached hydrogens (tertiary/aromatic N) is 2. The number of carbonyl (C=O) groups excluding carboxylic acids is 1. The molecule has 0 aliphatic heterocycles. The minimum atomic E-state index is -0.786. The summed E-state index contributed by atoms with van der Waals surface area (Å²) in [6.07, 6.45) is 0. The predicted molar refractivity (Wildman–Crippen MR) is 79.7 cm³/mol. The number of carbonyl (C=O) groups is 1. The Balaban J connectivity index is 2.33. The largest absolute Gasteiger partial charge is 0.316 e. The molecule has 1 aromatic carbocycles. The zero-order valence-electron chi connectivity index (χ0n) is 10.1. The second kappa shape index (κ2) is 5.97. The first-order valence-corrected chi connectivity index (χ1v) is 7.04. The molecule has 0 saturated carbocycles. The highest BCUT2D eigenvalue weighted by molar-refractivity contribution is 9.11. The van der Waals surface area contributed by atoms with Crippen LogP contribution in [0.3, 0.4) is 0 Å². The molecule has 0 bridgehead atoms. The fraction of sp³-hybridized carbons (Fsp3) is 0. The van der Waals surface area contributed by atoms with Gasteiger partial charge in [-0.25, -0.2) is 0 Å². The molecular formula is C11H6BrN3O5S. The second-order valence-corrected chi connectivity index (χ2v) is 6.10. The van der Waals surface area contributed by atoms with Gasteiger partial charge < -0.3 is 5.32 Å². The van der Waals surface area contributed by atoms with Crippen LogP contribution in [0.2, 0.25) is 0 Å². The molecule has 0 aliphatic carbocycles. The molecule has 0 atom stereocenters. The van der Waals surface area contributed by atoms with E-state index in [1.807, 2.05) is 0 Å². The molecule has 2 aromatic rings. The summed E-state index contributed by atoms with van der Waals surface area (Å²) in [6, 6.07) is 4.60. The number of halogens is 1. The maximum atomic E-state index is 11.9. The minimum Gasteiger partial charge on any atom is -0.316 e. The highest BCUT2D eigenvalue weighted by Crippen LogP contribution is 2.30. The number of hydrogen-bond acceptors (Lipinski definition) is 6. The number of amides is 1. The average Bonchev–Trinajstić information content (AvgIpc) is 2.85. The van der Waals surface area contributed by atoms with Crippen LogP contribution in [0.1, 0.15) is 10.4 Å². The molecule has 0 spiro atoms. The Morgan fingerprint density at radius 1 is 1.19 bits per heavy atom. The van der Waals surface area contributed by atoms with Crippen molar-refractivity contribution in [1.29, 1.82) is 0 Å². The van der Waals surface area contributed by atoms with Crippen LogP contribution in [0.25, 0.3) is 0 Å². The van der Waals surface area contributed by atoms with Gasteiger partial charge in [0.15, 0.2) is 0 Å². The first kappa shape index (κ1) is 15.1. The van der Waals surface area contributed by atoms with Crippen LogP contribution in [0, 0.1) is 20.2 Å². The Kier molecular flexibility index (Phi) is 4.29. The van der Waals surface area contributed by atoms with Crippen LogP contribution in [-0.4, -0.2) is 15.8 Å². The predicted octanol–water partition coefficient (Wildman–Crippen LogP) is 3.58. The highest BCUT2D eigenvalue weighted by atomic mass is 79.9. The summed E-state index contributed by atoms with van der Waals surface area (Å²) in [5.74, 6) is -0.533. The number of rotatable bonds is 4. The quantitative estimate of drug-likeness (QED) is 0.651. The first-order valence-electron chi connectivity index (χ1n) is 5.36. The normalized spacial score (nSPS) is 10.1. The topological polar surface area (TPSA) is 115 Å². The van der Waals surface area contributed by atoms with E-state index in [2.05, 4.69) is 21.2 Å². The number of benzene rings is 1. The number of nitro benzene ring substituents is 2. The van der Waals surface area contributed by atoms with Crippen molar-refractivity contribution in [3.8, 4) is 0 Å². The number of nitrogens with one attached hydrogen (secondary N) is 1. The maximum absolute atomic E-state index is 11.9. The van der Waals surface area contributed by atoms with Crippen molar-refractivity contribution in [1.82, 2.24) is 0 Å². The number of anilines is 1. The molecule has 1 N–H and O–H groups in total. The van der Waals surface area contributed by atoms with Crippen LogP contribution < -0.4 is 5.32 Å². The lowest BCUT2D eigenvalue weighted by molar-refractivity contribution is -0.393. The van der Waals surface area contributed by atoms with Crippen LogP contribution in [-0.2, 0) is 0 Å². The molecule has 0 saturated heterocycles. The SMILES string of the molecule is O=C(Nc1ccc([N+](=O)[O-])cc1[N+](=O)[O-])c1csc(Br)c1. The minimum absolute atomic E-state index is 0.0991. The van der Waals surface area contributed by atoms with Crippen molar-refractivity contribution >= 4 is 50.2 Å². The van der Waals surface area contributed by atoms with Crippen molar-refractivity contribution in [2.24, 2.45) is 0 Å². The lowest BCUT2D eigenvalue weighted by atomic mass is 10.2. The monoisotopic (exact) mass is 371 g/mol. The molecule has 10 heteroatoms. The molecule has 0 aliphatic rings. The third-order valence-corrected chi connectivity index (χ3v) is 3.97. The lowest BCUT2D eigenvalue weighted by Crippen LogP contribution is -2.12. The van der Waals surface area contributed by atoms with Gasteiger partial charge in [0.2, 0.25) is 0 Å². The van der Waals surface area contributed by atoms with Gasteiger partial charge in [-0.2, -0.15) is 0 Å². The standard InChI is InChI=1S/C11H6BrN3O5S/c12-10-3-6(5-21-10)11(16)13-8-2-1-7(14(17)18)4-9(8)15(19)20/h1-5H,(H,13,16). The van der Waals surface area contributed by atoms with Crippen LogP contribution >= 0.6 is 27.3 Å². The number of nitro groups is 2. The summed E-state index contributed by atoms with van der Waals surface area (Å²) < 4.78 is 0.742. The van der Waals surface area contributed by atoms with Gasteiger partial charge in [-0.05, 0) is 28.1 Å². The Morgan fingerprint density at radius 2 is 1.90 bits per heavy atom. The van der Waals surface area contributed by atoms with Crippen molar-refractivity contribution in [3.63, 3.8) is 0 Å². The van der Waals surface area contributed by atoms with Crippen molar-refractivity contribution in [2.75, 3.05) is 5.32 Å². The molecule has 21 heavy (non-hydrogen) atoms. The van der Waals surface area contributed by atoms with Gasteiger partial charge >= 0.3 is 0 Å². The molecule has 8 nitrogen and oxygen atoms in total. The lowest BCUT2D eigenvalue weighted by Gasteiger charge is -2.04. The molecule has 1 amide bonds. The summed E-state index contributed by atoms with van der Waals surface area (Å²) >= 11 is 4.50. The van der Waals surface area contributed by atoms with E-state index in [1.54, 1.807) is 11.4 Å². The van der Waals surface area contributed by atoms with Crippen molar-refractivity contribution in [3.05, 3.63) is 59.2 Å². The third-order valence-electron chi connectivity index (χ3n) is 2.47. The van der Waals surface area contributed by atoms with E-state index in [0.29, 0.717) is 5.56 Å². The summed E-state index contributed by atoms with van der Waals surface area (Å²) in [7, 11) is 0. The molecule has 0 radical (unpaired) electrons. The van der Waals surface area contributed by atoms with E-state index < -0.39 is 27.1 Å². The summed E-state index contributed by atoms with van der Waals surface area (Å²) in [5, 5.41) is 25.5. The zero-order chi connectivity index (χ0) is 15.6. The molecule has 1 aromatic heterocycles. The van der Waals surface area contributed by atoms with Gasteiger partial charge in [0, 0.05) is 11.4 Å². The van der Waals surface area contributed by atoms with Gasteiger partial charge in [-0.3, -0.25) is 25.0 Å². The molecule has 2 rings (SSSR count). The van der Waals surface area contributed by atoms with E-state index in [1.165, 1.54) is 11.3 Å². The van der Waals surface area contributed by atoms with E-state index >= 15 is 0 Å². The Labute approximate surface area is 129 Å². The maximum Gasteiger partial charge on any atom is 0.299 e. The van der Waals surface area contributed by atoms with Crippen LogP contribution in [0.15, 0.2) is 33.4 Å². The fourth-order valence-electron chi connectivity index (χ4n) is 1.51. The Morgan fingerprint density at radius 3 is 2.43 bits per heavy atom. The van der Waals surface area contributed by atoms with Gasteiger partial charge in [-0.15, -0.1) is 11.3 Å². The van der Waals surface area contributed by atoms with Crippen molar-refractivity contribution in [2.45, 2.75) is 0 Å². The second-order valence-electron chi connectivity index (χ2n) is 3.81. The van der Waals surface area contributed by atoms with E-state index in [9.17, 15) is 25.0 Å². The summed E-state index contributed by atoms with van der Waals surface area (Å²) in [6.45, 7) is 0. The van der Waals surface area contributed by atoms with E-state index in [4.69, 9.17) is 0 Å². The van der Waals surface area contributed by atoms with Gasteiger partial charge in [0.1, 0.15) is 5.69 Å².